The number of nitrogens with one attached hydrogen (secondary N) is 9. The van der Waals surface area contributed by atoms with Crippen molar-refractivity contribution >= 4 is 76.1 Å². The van der Waals surface area contributed by atoms with Gasteiger partial charge in [-0.15, -0.1) is 0 Å². The van der Waals surface area contributed by atoms with Crippen LogP contribution in [-0.2, 0) is 73.8 Å². The van der Waals surface area contributed by atoms with E-state index in [0.717, 1.165) is 0 Å². The van der Waals surface area contributed by atoms with Crippen LogP contribution in [-0.4, -0.2) is 160 Å². The van der Waals surface area contributed by atoms with E-state index in [0.29, 0.717) is 52.5 Å². The van der Waals surface area contributed by atoms with E-state index in [9.17, 15) is 58.2 Å². The van der Waals surface area contributed by atoms with Crippen LogP contribution in [0.3, 0.4) is 0 Å². The van der Waals surface area contributed by atoms with Crippen molar-refractivity contribution in [2.75, 3.05) is 26.2 Å². The number of aliphatic hydroxyl groups is 1. The molecule has 1 aromatic heterocycles. The average Bonchev–Trinajstić information content (AvgIpc) is 2.02. The summed E-state index contributed by atoms with van der Waals surface area (Å²) in [7, 11) is 0. The Bertz CT molecular complexity index is 3310. The van der Waals surface area contributed by atoms with Gasteiger partial charge in [0, 0.05) is 62.4 Å². The number of benzene rings is 4. The second-order valence-electron chi connectivity index (χ2n) is 22.6. The van der Waals surface area contributed by atoms with E-state index in [1.807, 2.05) is 13.8 Å². The number of rotatable bonds is 34. The molecule has 27 heteroatoms. The standard InChI is InChI=1S/C64H84N14O13/c1-4-68-61(88)53-22-14-30-78(53)62(89)47(21-13-29-69-63(66)67)71-56(83)48(31-38(2)3)72-57(84)49(32-39-15-7-5-8-16-39)73-58(85)50(33-40-23-25-43(80)26-24-40)74-60(87)52(36-79)76-59(86)51(34-42-35-70-45-20-12-11-19-44(42)45)75-55(82)46(27-28-54(65)81)77-64(90)91-37-41-17-9-6-10-18-41/h5-12,15-20,23-26,35,38,46-53,70,79-80H,4,13-14,21-22,27-34,36-37H2,1-3H3,(H2,65,81)(H,68,88)(H,71,83)(H,72,84)(H,73,85)(H,74,87)(H,75,82)(H,76,86)(H,77,90)(H4,66,67,69)/t46-,47-,48-,49+,50-,51-,52-,53-/m0/s1. The van der Waals surface area contributed by atoms with E-state index in [4.69, 9.17) is 21.9 Å². The number of phenolic OH excluding ortho intramolecular Hbond substituents is 1. The van der Waals surface area contributed by atoms with Crippen LogP contribution in [0, 0.1) is 5.92 Å². The van der Waals surface area contributed by atoms with Gasteiger partial charge in [0.25, 0.3) is 0 Å². The predicted molar refractivity (Wildman–Crippen MR) is 337 cm³/mol. The zero-order chi connectivity index (χ0) is 66.0. The number of para-hydroxylation sites is 1. The molecule has 10 amide bonds. The number of phenols is 1. The molecule has 1 saturated heterocycles. The van der Waals surface area contributed by atoms with Crippen LogP contribution < -0.4 is 59.7 Å². The minimum absolute atomic E-state index is 0.0690. The summed E-state index contributed by atoms with van der Waals surface area (Å²) in [5, 5.41) is 43.0. The molecule has 5 aromatic rings. The van der Waals surface area contributed by atoms with Crippen molar-refractivity contribution in [2.45, 2.75) is 140 Å². The number of fused-ring (bicyclic) bond motifs is 1. The number of aromatic amines is 1. The molecular formula is C64H84N14O13. The summed E-state index contributed by atoms with van der Waals surface area (Å²) in [6.07, 6.45) is 0.695. The molecule has 27 nitrogen and oxygen atoms in total. The van der Waals surface area contributed by atoms with Gasteiger partial charge in [-0.3, -0.25) is 48.1 Å². The van der Waals surface area contributed by atoms with Crippen molar-refractivity contribution in [3.05, 3.63) is 138 Å². The highest BCUT2D eigenvalue weighted by Crippen LogP contribution is 2.22. The average molecular weight is 1260 g/mol. The minimum Gasteiger partial charge on any atom is -0.508 e. The number of nitrogens with two attached hydrogens (primary N) is 3. The van der Waals surface area contributed by atoms with Gasteiger partial charge in [-0.2, -0.15) is 0 Å². The lowest BCUT2D eigenvalue weighted by molar-refractivity contribution is -0.142. The maximum atomic E-state index is 14.9. The van der Waals surface area contributed by atoms with Crippen molar-refractivity contribution in [1.29, 1.82) is 0 Å². The van der Waals surface area contributed by atoms with Crippen molar-refractivity contribution in [3.63, 3.8) is 0 Å². The van der Waals surface area contributed by atoms with Crippen LogP contribution in [0.1, 0.15) is 88.0 Å². The molecule has 4 aromatic carbocycles. The Morgan fingerprint density at radius 3 is 1.75 bits per heavy atom. The van der Waals surface area contributed by atoms with E-state index in [-0.39, 0.29) is 94.6 Å². The number of aliphatic hydroxyl groups excluding tert-OH is 1. The first-order valence-electron chi connectivity index (χ1n) is 30.3. The first-order valence-corrected chi connectivity index (χ1v) is 30.3. The predicted octanol–water partition coefficient (Wildman–Crippen LogP) is 0.590. The van der Waals surface area contributed by atoms with Gasteiger partial charge in [-0.05, 0) is 91.8 Å². The molecule has 0 saturated carbocycles. The number of carbonyl (C=O) groups is 10. The number of carbonyl (C=O) groups excluding carboxylic acids is 10. The number of nitrogens with zero attached hydrogens (tertiary/aromatic N) is 2. The van der Waals surface area contributed by atoms with Crippen LogP contribution in [0.4, 0.5) is 4.79 Å². The Hall–Kier alpha value is -10.1. The first-order chi connectivity index (χ1) is 43.6. The number of aliphatic imine (C=N–C) groups is 1. The van der Waals surface area contributed by atoms with Crippen LogP contribution in [0.2, 0.25) is 0 Å². The minimum atomic E-state index is -1.80. The third-order valence-electron chi connectivity index (χ3n) is 15.1. The molecule has 1 aliphatic heterocycles. The second-order valence-corrected chi connectivity index (χ2v) is 22.6. The van der Waals surface area contributed by atoms with Crippen LogP contribution in [0.15, 0.2) is 120 Å². The molecule has 0 radical (unpaired) electrons. The van der Waals surface area contributed by atoms with E-state index in [1.165, 1.54) is 29.2 Å². The quantitative estimate of drug-likeness (QED) is 0.0152. The van der Waals surface area contributed by atoms with Crippen molar-refractivity contribution in [2.24, 2.45) is 28.1 Å². The fourth-order valence-corrected chi connectivity index (χ4v) is 10.4. The third-order valence-corrected chi connectivity index (χ3v) is 15.1. The van der Waals surface area contributed by atoms with Gasteiger partial charge in [0.05, 0.1) is 6.61 Å². The number of likely N-dealkylation sites (tertiary alicyclic amines) is 1. The molecule has 8 atom stereocenters. The molecule has 91 heavy (non-hydrogen) atoms. The number of primary amides is 1. The Labute approximate surface area is 527 Å². The maximum Gasteiger partial charge on any atom is 0.408 e. The third kappa shape index (κ3) is 22.2. The molecule has 488 valence electrons. The molecule has 0 aliphatic carbocycles. The summed E-state index contributed by atoms with van der Waals surface area (Å²) in [5.74, 6) is -7.58. The molecular weight excluding hydrogens is 1170 g/mol. The highest BCUT2D eigenvalue weighted by Gasteiger charge is 2.39. The number of guanidine groups is 1. The lowest BCUT2D eigenvalue weighted by Gasteiger charge is -2.30. The highest BCUT2D eigenvalue weighted by atomic mass is 16.5. The summed E-state index contributed by atoms with van der Waals surface area (Å²) in [5.41, 5.74) is 19.5. The Morgan fingerprint density at radius 1 is 0.626 bits per heavy atom. The summed E-state index contributed by atoms with van der Waals surface area (Å²) in [6, 6.07) is 19.1. The largest absolute Gasteiger partial charge is 0.508 e. The molecule has 0 bridgehead atoms. The van der Waals surface area contributed by atoms with E-state index >= 15 is 0 Å². The molecule has 1 aliphatic rings. The fourth-order valence-electron chi connectivity index (χ4n) is 10.4. The summed E-state index contributed by atoms with van der Waals surface area (Å²) in [4.78, 5) is 149. The number of likely N-dealkylation sites (N-methyl/N-ethyl adjacent to an activating group) is 1. The zero-order valence-electron chi connectivity index (χ0n) is 51.3. The van der Waals surface area contributed by atoms with Crippen molar-refractivity contribution in [1.82, 2.24) is 52.4 Å². The zero-order valence-corrected chi connectivity index (χ0v) is 51.3. The Balaban J connectivity index is 1.25. The van der Waals surface area contributed by atoms with Crippen LogP contribution in [0.25, 0.3) is 10.9 Å². The molecule has 1 fully saturated rings. The normalized spacial score (nSPS) is 15.0. The van der Waals surface area contributed by atoms with Gasteiger partial charge in [-0.1, -0.05) is 105 Å². The van der Waals surface area contributed by atoms with E-state index in [1.54, 1.807) is 98.0 Å². The lowest BCUT2D eigenvalue weighted by atomic mass is 9.99. The van der Waals surface area contributed by atoms with Gasteiger partial charge >= 0.3 is 6.09 Å². The Morgan fingerprint density at radius 2 is 1.15 bits per heavy atom. The van der Waals surface area contributed by atoms with E-state index < -0.39 is 108 Å². The summed E-state index contributed by atoms with van der Waals surface area (Å²) in [6.45, 7) is 4.95. The second kappa shape index (κ2) is 35.2. The summed E-state index contributed by atoms with van der Waals surface area (Å²) >= 11 is 0. The van der Waals surface area contributed by atoms with Crippen molar-refractivity contribution < 1.29 is 62.9 Å². The number of ether oxygens (including phenoxy) is 1. The lowest BCUT2D eigenvalue weighted by Crippen LogP contribution is -2.61. The van der Waals surface area contributed by atoms with Gasteiger partial charge < -0.3 is 84.6 Å². The number of aromatic hydroxyl groups is 1. The van der Waals surface area contributed by atoms with Gasteiger partial charge in [0.15, 0.2) is 5.96 Å². The molecule has 0 unspecified atom stereocenters. The van der Waals surface area contributed by atoms with Crippen LogP contribution in [0.5, 0.6) is 5.75 Å². The highest BCUT2D eigenvalue weighted by molar-refractivity contribution is 5.99. The monoisotopic (exact) mass is 1260 g/mol. The topological polar surface area (TPSA) is 426 Å². The molecule has 0 spiro atoms. The van der Waals surface area contributed by atoms with E-state index in [2.05, 4.69) is 52.5 Å². The van der Waals surface area contributed by atoms with Gasteiger partial charge in [0.2, 0.25) is 53.2 Å². The SMILES string of the molecule is CCNC(=O)[C@@H]1CCCN1C(=O)[C@H](CCCN=C(N)N)NC(=O)[C@H](CC(C)C)NC(=O)[C@@H](Cc1ccccc1)NC(=O)[C@H](Cc1ccc(O)cc1)NC(=O)[C@H](CO)NC(=O)[C@H](Cc1c[nH]c2ccccc12)NC(=O)[C@H](CCC(N)=O)NC(=O)OCc1ccccc1. The maximum absolute atomic E-state index is 14.9. The number of hydrogen-bond acceptors (Lipinski definition) is 14. The Kier molecular flexibility index (Phi) is 27.1. The fraction of sp³-hybridized carbons (Fsp3) is 0.422. The van der Waals surface area contributed by atoms with Gasteiger partial charge in [-0.25, -0.2) is 4.79 Å². The molecule has 6 rings (SSSR count). The van der Waals surface area contributed by atoms with Gasteiger partial charge in [0.1, 0.15) is 60.7 Å². The number of H-pyrrole nitrogens is 1. The van der Waals surface area contributed by atoms with Crippen LogP contribution >= 0.6 is 0 Å². The number of alkyl carbamates (subject to hydrolysis) is 1. The summed E-state index contributed by atoms with van der Waals surface area (Å²) < 4.78 is 5.34. The smallest absolute Gasteiger partial charge is 0.408 e. The van der Waals surface area contributed by atoms with Crippen molar-refractivity contribution in [3.8, 4) is 5.75 Å². The first kappa shape index (κ1) is 70.0. The number of aromatic nitrogens is 1. The number of hydrogen-bond donors (Lipinski definition) is 14. The molecule has 17 N–H and O–H groups in total. The molecule has 2 heterocycles. The number of amides is 10.